The van der Waals surface area contributed by atoms with Gasteiger partial charge in [-0.3, -0.25) is 4.99 Å². The van der Waals surface area contributed by atoms with E-state index in [4.69, 9.17) is 15.9 Å². The molecule has 2 N–H and O–H groups in total. The maximum atomic E-state index is 5.55. The molecule has 5 nitrogen and oxygen atoms in total. The van der Waals surface area contributed by atoms with Gasteiger partial charge in [0.15, 0.2) is 17.5 Å². The summed E-state index contributed by atoms with van der Waals surface area (Å²) in [5, 5.41) is 8.83. The molecule has 0 saturated carbocycles. The molecule has 0 radical (unpaired) electrons. The molecule has 0 aliphatic carbocycles. The molecule has 0 aliphatic rings. The van der Waals surface area contributed by atoms with Crippen molar-refractivity contribution in [1.82, 2.24) is 10.6 Å². The molecule has 1 aromatic carbocycles. The number of halogens is 1. The molecule has 0 bridgehead atoms. The first-order valence-corrected chi connectivity index (χ1v) is 9.74. The predicted octanol–water partition coefficient (Wildman–Crippen LogP) is 3.93. The highest BCUT2D eigenvalue weighted by atomic mass is 127. The summed E-state index contributed by atoms with van der Waals surface area (Å²) in [6.45, 7) is 3.92. The van der Waals surface area contributed by atoms with E-state index in [-0.39, 0.29) is 30.6 Å². The molecule has 28 heavy (non-hydrogen) atoms. The molecule has 0 saturated heterocycles. The van der Waals surface area contributed by atoms with E-state index in [1.165, 1.54) is 4.88 Å². The van der Waals surface area contributed by atoms with Crippen LogP contribution in [0.3, 0.4) is 0 Å². The van der Waals surface area contributed by atoms with Gasteiger partial charge in [-0.1, -0.05) is 25.0 Å². The fourth-order valence-electron chi connectivity index (χ4n) is 2.58. The monoisotopic (exact) mass is 513 g/mol. The molecule has 152 valence electrons. The zero-order chi connectivity index (χ0) is 19.5. The van der Waals surface area contributed by atoms with E-state index in [1.54, 1.807) is 25.5 Å². The number of nitrogens with one attached hydrogen (secondary N) is 2. The van der Waals surface area contributed by atoms with Gasteiger partial charge in [-0.05, 0) is 41.5 Å². The van der Waals surface area contributed by atoms with Crippen molar-refractivity contribution in [2.24, 2.45) is 10.9 Å². The smallest absolute Gasteiger partial charge is 0.191 e. The van der Waals surface area contributed by atoms with Crippen LogP contribution >= 0.6 is 35.3 Å². The third-order valence-corrected chi connectivity index (χ3v) is 4.87. The minimum Gasteiger partial charge on any atom is -0.493 e. The number of hydrogen-bond donors (Lipinski definition) is 2. The number of guanidine groups is 1. The van der Waals surface area contributed by atoms with Crippen molar-refractivity contribution in [1.29, 1.82) is 0 Å². The number of aliphatic imine (C=N–C) groups is 1. The van der Waals surface area contributed by atoms with Gasteiger partial charge in [0.2, 0.25) is 0 Å². The van der Waals surface area contributed by atoms with E-state index in [1.807, 2.05) is 18.2 Å². The fourth-order valence-corrected chi connectivity index (χ4v) is 3.45. The molecular formula is C21H28IN3O2S. The molecule has 2 aromatic rings. The van der Waals surface area contributed by atoms with Crippen LogP contribution in [0.5, 0.6) is 11.5 Å². The van der Waals surface area contributed by atoms with Crippen molar-refractivity contribution in [3.63, 3.8) is 0 Å². The molecule has 0 spiro atoms. The fraction of sp³-hybridized carbons (Fsp3) is 0.381. The molecule has 2 rings (SSSR count). The van der Waals surface area contributed by atoms with E-state index in [0.717, 1.165) is 24.5 Å². The third kappa shape index (κ3) is 7.98. The lowest BCUT2D eigenvalue weighted by atomic mass is 10.1. The van der Waals surface area contributed by atoms with Gasteiger partial charge < -0.3 is 20.1 Å². The largest absolute Gasteiger partial charge is 0.493 e. The Kier molecular flexibility index (Phi) is 11.4. The molecule has 7 heteroatoms. The average molecular weight is 513 g/mol. The van der Waals surface area contributed by atoms with E-state index in [0.29, 0.717) is 24.0 Å². The maximum Gasteiger partial charge on any atom is 0.191 e. The van der Waals surface area contributed by atoms with Crippen LogP contribution in [0.4, 0.5) is 0 Å². The van der Waals surface area contributed by atoms with E-state index in [2.05, 4.69) is 46.0 Å². The lowest BCUT2D eigenvalue weighted by Gasteiger charge is -2.16. The van der Waals surface area contributed by atoms with Crippen molar-refractivity contribution in [2.75, 3.05) is 27.3 Å². The van der Waals surface area contributed by atoms with E-state index in [9.17, 15) is 0 Å². The SMILES string of the molecule is C#CCOc1cc(CNC(=NC)NCC(C)Cc2cccs2)ccc1OC.I. The minimum absolute atomic E-state index is 0. The van der Waals surface area contributed by atoms with Crippen LogP contribution in [0, 0.1) is 18.3 Å². The molecule has 1 unspecified atom stereocenters. The highest BCUT2D eigenvalue weighted by molar-refractivity contribution is 14.0. The molecular weight excluding hydrogens is 485 g/mol. The number of thiophene rings is 1. The Morgan fingerprint density at radius 3 is 2.75 bits per heavy atom. The highest BCUT2D eigenvalue weighted by Crippen LogP contribution is 2.27. The number of methoxy groups -OCH3 is 1. The van der Waals surface area contributed by atoms with Gasteiger partial charge in [0, 0.05) is 25.0 Å². The van der Waals surface area contributed by atoms with Crippen molar-refractivity contribution in [3.05, 3.63) is 46.2 Å². The summed E-state index contributed by atoms with van der Waals surface area (Å²) in [5.74, 6) is 5.07. The minimum atomic E-state index is 0. The van der Waals surface area contributed by atoms with Crippen molar-refractivity contribution in [3.8, 4) is 23.8 Å². The number of terminal acetylenes is 1. The molecule has 1 aromatic heterocycles. The lowest BCUT2D eigenvalue weighted by molar-refractivity contribution is 0.330. The number of benzene rings is 1. The topological polar surface area (TPSA) is 54.9 Å². The summed E-state index contributed by atoms with van der Waals surface area (Å²) in [4.78, 5) is 5.70. The predicted molar refractivity (Wildman–Crippen MR) is 128 cm³/mol. The molecule has 1 atom stereocenters. The normalized spacial score (nSPS) is 11.7. The Morgan fingerprint density at radius 2 is 2.11 bits per heavy atom. The Morgan fingerprint density at radius 1 is 1.29 bits per heavy atom. The zero-order valence-electron chi connectivity index (χ0n) is 16.5. The van der Waals surface area contributed by atoms with Crippen molar-refractivity contribution < 1.29 is 9.47 Å². The number of hydrogen-bond acceptors (Lipinski definition) is 4. The molecule has 0 amide bonds. The van der Waals surface area contributed by atoms with Gasteiger partial charge in [-0.25, -0.2) is 0 Å². The molecule has 0 fully saturated rings. The Bertz CT molecular complexity index is 772. The quantitative estimate of drug-likeness (QED) is 0.231. The summed E-state index contributed by atoms with van der Waals surface area (Å²) >= 11 is 1.80. The van der Waals surface area contributed by atoms with Crippen LogP contribution in [0.15, 0.2) is 40.7 Å². The van der Waals surface area contributed by atoms with Gasteiger partial charge in [0.25, 0.3) is 0 Å². The number of rotatable bonds is 9. The first-order chi connectivity index (χ1) is 13.2. The molecule has 1 heterocycles. The Labute approximate surface area is 189 Å². The second-order valence-electron chi connectivity index (χ2n) is 6.17. The average Bonchev–Trinajstić information content (AvgIpc) is 3.19. The van der Waals surface area contributed by atoms with Gasteiger partial charge in [0.1, 0.15) is 6.61 Å². The standard InChI is InChI=1S/C21H27N3O2S.HI/c1-5-10-26-20-13-17(8-9-19(20)25-4)15-24-21(22-3)23-14-16(2)12-18-7-6-11-27-18;/h1,6-9,11,13,16H,10,12,14-15H2,2-4H3,(H2,22,23,24);1H. The van der Waals surface area contributed by atoms with Gasteiger partial charge in [-0.2, -0.15) is 0 Å². The van der Waals surface area contributed by atoms with Gasteiger partial charge in [0.05, 0.1) is 7.11 Å². The second kappa shape index (κ2) is 13.3. The van der Waals surface area contributed by atoms with Crippen LogP contribution < -0.4 is 20.1 Å². The summed E-state index contributed by atoms with van der Waals surface area (Å²) in [6, 6.07) is 10.1. The summed E-state index contributed by atoms with van der Waals surface area (Å²) < 4.78 is 10.8. The third-order valence-electron chi connectivity index (χ3n) is 3.97. The Balaban J connectivity index is 0.00000392. The van der Waals surface area contributed by atoms with Gasteiger partial charge in [-0.15, -0.1) is 41.7 Å². The lowest BCUT2D eigenvalue weighted by Crippen LogP contribution is -2.39. The zero-order valence-corrected chi connectivity index (χ0v) is 19.7. The van der Waals surface area contributed by atoms with E-state index < -0.39 is 0 Å². The van der Waals surface area contributed by atoms with Crippen molar-refractivity contribution >= 4 is 41.3 Å². The van der Waals surface area contributed by atoms with Crippen LogP contribution in [0.2, 0.25) is 0 Å². The summed E-state index contributed by atoms with van der Waals surface area (Å²) in [7, 11) is 3.38. The number of nitrogens with zero attached hydrogens (tertiary/aromatic N) is 1. The maximum absolute atomic E-state index is 5.55. The van der Waals surface area contributed by atoms with Crippen LogP contribution in [-0.2, 0) is 13.0 Å². The first-order valence-electron chi connectivity index (χ1n) is 8.86. The first kappa shape index (κ1) is 24.1. The summed E-state index contributed by atoms with van der Waals surface area (Å²) in [6.07, 6.45) is 6.34. The van der Waals surface area contributed by atoms with E-state index >= 15 is 0 Å². The van der Waals surface area contributed by atoms with Crippen LogP contribution in [0.25, 0.3) is 0 Å². The highest BCUT2D eigenvalue weighted by Gasteiger charge is 2.08. The van der Waals surface area contributed by atoms with Crippen molar-refractivity contribution in [2.45, 2.75) is 19.9 Å². The van der Waals surface area contributed by atoms with Gasteiger partial charge >= 0.3 is 0 Å². The second-order valence-corrected chi connectivity index (χ2v) is 7.21. The molecule has 0 aliphatic heterocycles. The summed E-state index contributed by atoms with van der Waals surface area (Å²) in [5.41, 5.74) is 1.05. The van der Waals surface area contributed by atoms with Crippen LogP contribution in [-0.4, -0.2) is 33.3 Å². The Hall–Kier alpha value is -1.92. The van der Waals surface area contributed by atoms with Crippen LogP contribution in [0.1, 0.15) is 17.4 Å². The number of ether oxygens (including phenoxy) is 2.